The van der Waals surface area contributed by atoms with Gasteiger partial charge in [-0.2, -0.15) is 0 Å². The van der Waals surface area contributed by atoms with Gasteiger partial charge in [0.2, 0.25) is 0 Å². The molecule has 0 saturated heterocycles. The number of rotatable bonds is 8. The molecule has 4 rings (SSSR count). The van der Waals surface area contributed by atoms with Crippen LogP contribution in [-0.2, 0) is 0 Å². The lowest BCUT2D eigenvalue weighted by atomic mass is 10.1. The number of nitrogens with zero attached hydrogens (tertiary/aromatic N) is 2. The third-order valence-corrected chi connectivity index (χ3v) is 6.03. The monoisotopic (exact) mass is 490 g/mol. The molecule has 6 heteroatoms. The van der Waals surface area contributed by atoms with Gasteiger partial charge in [0.15, 0.2) is 5.78 Å². The molecule has 0 fully saturated rings. The standard InChI is InChI=1S/C25H19BrN2O2S/c26-20-10-5-18(6-11-20)7-14-24(29)19-8-12-21(13-9-19)30-15-16-31-25-22-3-1-2-4-23(22)27-17-28-25/h1-14,17H,15-16H2/b14-7+. The molecule has 31 heavy (non-hydrogen) atoms. The van der Waals surface area contributed by atoms with Gasteiger partial charge < -0.3 is 4.74 Å². The van der Waals surface area contributed by atoms with E-state index in [9.17, 15) is 4.79 Å². The molecule has 0 saturated carbocycles. The Kier molecular flexibility index (Phi) is 7.12. The second-order valence-electron chi connectivity index (χ2n) is 6.67. The van der Waals surface area contributed by atoms with Crippen molar-refractivity contribution in [2.45, 2.75) is 5.03 Å². The maximum Gasteiger partial charge on any atom is 0.185 e. The van der Waals surface area contributed by atoms with Crippen LogP contribution in [0.5, 0.6) is 5.75 Å². The molecule has 1 heterocycles. The Morgan fingerprint density at radius 2 is 1.74 bits per heavy atom. The summed E-state index contributed by atoms with van der Waals surface area (Å²) in [6.45, 7) is 0.541. The zero-order valence-corrected chi connectivity index (χ0v) is 19.0. The minimum Gasteiger partial charge on any atom is -0.493 e. The van der Waals surface area contributed by atoms with Gasteiger partial charge in [0, 0.05) is 21.2 Å². The number of para-hydroxylation sites is 1. The Bertz CT molecular complexity index is 1200. The Balaban J connectivity index is 1.28. The van der Waals surface area contributed by atoms with E-state index in [2.05, 4.69) is 25.9 Å². The van der Waals surface area contributed by atoms with Crippen molar-refractivity contribution in [1.29, 1.82) is 0 Å². The molecular formula is C25H19BrN2O2S. The van der Waals surface area contributed by atoms with Gasteiger partial charge in [-0.1, -0.05) is 52.3 Å². The number of benzene rings is 3. The molecule has 0 aliphatic heterocycles. The number of ether oxygens (including phenoxy) is 1. The van der Waals surface area contributed by atoms with Crippen LogP contribution in [-0.4, -0.2) is 28.1 Å². The number of halogens is 1. The maximum atomic E-state index is 12.4. The van der Waals surface area contributed by atoms with E-state index in [1.54, 1.807) is 36.3 Å². The van der Waals surface area contributed by atoms with E-state index in [-0.39, 0.29) is 5.78 Å². The van der Waals surface area contributed by atoms with Gasteiger partial charge in [-0.15, -0.1) is 11.8 Å². The third kappa shape index (κ3) is 5.81. The molecule has 4 nitrogen and oxygen atoms in total. The number of allylic oxidation sites excluding steroid dienone is 1. The van der Waals surface area contributed by atoms with E-state index < -0.39 is 0 Å². The number of carbonyl (C=O) groups is 1. The van der Waals surface area contributed by atoms with Crippen molar-refractivity contribution in [3.8, 4) is 5.75 Å². The number of aromatic nitrogens is 2. The van der Waals surface area contributed by atoms with E-state index in [0.717, 1.165) is 37.5 Å². The number of ketones is 1. The molecule has 0 unspecified atom stereocenters. The van der Waals surface area contributed by atoms with E-state index in [0.29, 0.717) is 12.2 Å². The number of carbonyl (C=O) groups excluding carboxylic acids is 1. The zero-order valence-electron chi connectivity index (χ0n) is 16.6. The summed E-state index contributed by atoms with van der Waals surface area (Å²) in [5, 5.41) is 2.00. The molecule has 0 amide bonds. The quantitative estimate of drug-likeness (QED) is 0.0931. The van der Waals surface area contributed by atoms with Crippen molar-refractivity contribution in [1.82, 2.24) is 9.97 Å². The lowest BCUT2D eigenvalue weighted by Crippen LogP contribution is -2.01. The number of fused-ring (bicyclic) bond motifs is 1. The molecule has 0 bridgehead atoms. The summed E-state index contributed by atoms with van der Waals surface area (Å²) in [4.78, 5) is 21.0. The van der Waals surface area contributed by atoms with Crippen molar-refractivity contribution >= 4 is 50.5 Å². The highest BCUT2D eigenvalue weighted by molar-refractivity contribution is 9.10. The summed E-state index contributed by atoms with van der Waals surface area (Å²) in [6, 6.07) is 23.0. The molecule has 4 aromatic rings. The van der Waals surface area contributed by atoms with Gasteiger partial charge in [0.1, 0.15) is 17.1 Å². The Morgan fingerprint density at radius 3 is 2.55 bits per heavy atom. The third-order valence-electron chi connectivity index (χ3n) is 4.53. The lowest BCUT2D eigenvalue weighted by Gasteiger charge is -2.07. The lowest BCUT2D eigenvalue weighted by molar-refractivity contribution is 0.104. The second-order valence-corrected chi connectivity index (χ2v) is 8.67. The van der Waals surface area contributed by atoms with Crippen LogP contribution in [0.25, 0.3) is 17.0 Å². The van der Waals surface area contributed by atoms with Crippen LogP contribution in [0.1, 0.15) is 15.9 Å². The summed E-state index contributed by atoms with van der Waals surface area (Å²) < 4.78 is 6.83. The molecule has 0 radical (unpaired) electrons. The summed E-state index contributed by atoms with van der Waals surface area (Å²) in [5.74, 6) is 1.46. The van der Waals surface area contributed by atoms with Crippen molar-refractivity contribution < 1.29 is 9.53 Å². The van der Waals surface area contributed by atoms with E-state index in [4.69, 9.17) is 4.74 Å². The smallest absolute Gasteiger partial charge is 0.185 e. The van der Waals surface area contributed by atoms with Gasteiger partial charge in [0.25, 0.3) is 0 Å². The summed E-state index contributed by atoms with van der Waals surface area (Å²) >= 11 is 5.04. The Morgan fingerprint density at radius 1 is 0.968 bits per heavy atom. The summed E-state index contributed by atoms with van der Waals surface area (Å²) in [5.41, 5.74) is 2.54. The topological polar surface area (TPSA) is 52.1 Å². The van der Waals surface area contributed by atoms with E-state index in [1.165, 1.54) is 0 Å². The fraction of sp³-hybridized carbons (Fsp3) is 0.0800. The van der Waals surface area contributed by atoms with Crippen LogP contribution in [0.3, 0.4) is 0 Å². The van der Waals surface area contributed by atoms with Gasteiger partial charge in [-0.3, -0.25) is 4.79 Å². The van der Waals surface area contributed by atoms with Crippen molar-refractivity contribution in [2.24, 2.45) is 0 Å². The molecule has 1 aromatic heterocycles. The maximum absolute atomic E-state index is 12.4. The predicted octanol–water partition coefficient (Wildman–Crippen LogP) is 6.46. The van der Waals surface area contributed by atoms with Crippen LogP contribution in [0, 0.1) is 0 Å². The predicted molar refractivity (Wildman–Crippen MR) is 130 cm³/mol. The fourth-order valence-corrected chi connectivity index (χ4v) is 4.02. The minimum absolute atomic E-state index is 0.0411. The van der Waals surface area contributed by atoms with Crippen LogP contribution < -0.4 is 4.74 Å². The first kappa shape index (κ1) is 21.3. The van der Waals surface area contributed by atoms with E-state index in [1.807, 2.05) is 66.7 Å². The van der Waals surface area contributed by atoms with Gasteiger partial charge >= 0.3 is 0 Å². The van der Waals surface area contributed by atoms with Gasteiger partial charge in [0.05, 0.1) is 12.1 Å². The molecule has 3 aromatic carbocycles. The fourth-order valence-electron chi connectivity index (χ4n) is 2.95. The molecule has 154 valence electrons. The first-order valence-electron chi connectivity index (χ1n) is 9.72. The van der Waals surface area contributed by atoms with Crippen molar-refractivity contribution in [3.05, 3.63) is 101 Å². The average molecular weight is 491 g/mol. The minimum atomic E-state index is -0.0411. The number of thioether (sulfide) groups is 1. The second kappa shape index (κ2) is 10.4. The largest absolute Gasteiger partial charge is 0.493 e. The SMILES string of the molecule is O=C(/C=C/c1ccc(Br)cc1)c1ccc(OCCSc2ncnc3ccccc23)cc1. The number of hydrogen-bond acceptors (Lipinski definition) is 5. The van der Waals surface area contributed by atoms with Gasteiger partial charge in [-0.05, 0) is 54.1 Å². The molecule has 0 spiro atoms. The molecule has 0 N–H and O–H groups in total. The van der Waals surface area contributed by atoms with Crippen molar-refractivity contribution in [2.75, 3.05) is 12.4 Å². The van der Waals surface area contributed by atoms with E-state index >= 15 is 0 Å². The first-order valence-corrected chi connectivity index (χ1v) is 11.5. The number of hydrogen-bond donors (Lipinski definition) is 0. The highest BCUT2D eigenvalue weighted by Crippen LogP contribution is 2.24. The molecule has 0 aliphatic carbocycles. The van der Waals surface area contributed by atoms with Crippen LogP contribution in [0.2, 0.25) is 0 Å². The van der Waals surface area contributed by atoms with Crippen LogP contribution in [0.4, 0.5) is 0 Å². The highest BCUT2D eigenvalue weighted by Gasteiger charge is 2.05. The molecule has 0 aliphatic rings. The van der Waals surface area contributed by atoms with Crippen LogP contribution in [0.15, 0.2) is 94.7 Å². The first-order chi connectivity index (χ1) is 15.2. The van der Waals surface area contributed by atoms with Crippen LogP contribution >= 0.6 is 27.7 Å². The van der Waals surface area contributed by atoms with Gasteiger partial charge in [-0.25, -0.2) is 9.97 Å². The summed E-state index contributed by atoms with van der Waals surface area (Å²) in [6.07, 6.45) is 4.99. The Labute approximate surface area is 193 Å². The average Bonchev–Trinajstić information content (AvgIpc) is 2.82. The normalized spacial score (nSPS) is 11.1. The highest BCUT2D eigenvalue weighted by atomic mass is 79.9. The van der Waals surface area contributed by atoms with Crippen molar-refractivity contribution in [3.63, 3.8) is 0 Å². The molecule has 0 atom stereocenters. The zero-order chi connectivity index (χ0) is 21.5. The Hall–Kier alpha value is -2.96. The molecular weight excluding hydrogens is 472 g/mol. The summed E-state index contributed by atoms with van der Waals surface area (Å²) in [7, 11) is 0.